The number of aromatic nitrogens is 2. The van der Waals surface area contributed by atoms with Gasteiger partial charge in [-0.3, -0.25) is 14.4 Å². The van der Waals surface area contributed by atoms with Crippen LogP contribution in [0.1, 0.15) is 49.5 Å². The molecule has 1 spiro atoms. The molecule has 4 rings (SSSR count). The van der Waals surface area contributed by atoms with Crippen LogP contribution in [0.3, 0.4) is 0 Å². The number of aliphatic hydroxyl groups is 2. The van der Waals surface area contributed by atoms with Crippen molar-refractivity contribution in [3.8, 4) is 0 Å². The summed E-state index contributed by atoms with van der Waals surface area (Å²) in [6.07, 6.45) is 3.50. The van der Waals surface area contributed by atoms with Gasteiger partial charge in [-0.2, -0.15) is 5.10 Å². The van der Waals surface area contributed by atoms with Gasteiger partial charge in [0.25, 0.3) is 5.91 Å². The smallest absolute Gasteiger partial charge is 0.251 e. The Hall–Kier alpha value is -1.97. The van der Waals surface area contributed by atoms with Crippen LogP contribution in [-0.4, -0.2) is 55.6 Å². The van der Waals surface area contributed by atoms with E-state index in [1.54, 1.807) is 30.8 Å². The SMILES string of the molecule is CC(C)(O)[C@H](O)Cn1cc(CN2CCC3(CC2)OC(C(N)=O)c2ccc(Cl)cc23)cn1. The van der Waals surface area contributed by atoms with E-state index in [-0.39, 0.29) is 6.54 Å². The molecule has 1 aromatic heterocycles. The second-order valence-electron chi connectivity index (χ2n) is 9.14. The van der Waals surface area contributed by atoms with Crippen molar-refractivity contribution < 1.29 is 19.7 Å². The number of fused-ring (bicyclic) bond motifs is 2. The number of nitrogens with two attached hydrogens (primary N) is 1. The highest BCUT2D eigenvalue weighted by atomic mass is 35.5. The largest absolute Gasteiger partial charge is 0.388 e. The Kier molecular flexibility index (Phi) is 5.87. The zero-order valence-corrected chi connectivity index (χ0v) is 18.5. The zero-order chi connectivity index (χ0) is 22.4. The third kappa shape index (κ3) is 4.49. The molecule has 4 N–H and O–H groups in total. The number of carbonyl (C=O) groups is 1. The van der Waals surface area contributed by atoms with E-state index in [1.807, 2.05) is 18.3 Å². The van der Waals surface area contributed by atoms with Crippen molar-refractivity contribution in [3.63, 3.8) is 0 Å². The second kappa shape index (κ2) is 8.18. The summed E-state index contributed by atoms with van der Waals surface area (Å²) >= 11 is 6.23. The Morgan fingerprint density at radius 2 is 2.13 bits per heavy atom. The van der Waals surface area contributed by atoms with Crippen LogP contribution < -0.4 is 5.73 Å². The van der Waals surface area contributed by atoms with Gasteiger partial charge in [-0.25, -0.2) is 0 Å². The number of hydrogen-bond donors (Lipinski definition) is 3. The summed E-state index contributed by atoms with van der Waals surface area (Å²) in [5, 5.41) is 24.9. The molecular formula is C22H29ClN4O4. The molecule has 31 heavy (non-hydrogen) atoms. The molecule has 1 amide bonds. The minimum Gasteiger partial charge on any atom is -0.388 e. The molecule has 0 saturated carbocycles. The Labute approximate surface area is 186 Å². The molecule has 1 unspecified atom stereocenters. The van der Waals surface area contributed by atoms with E-state index in [4.69, 9.17) is 22.1 Å². The molecule has 0 bridgehead atoms. The van der Waals surface area contributed by atoms with Crippen molar-refractivity contribution in [1.82, 2.24) is 14.7 Å². The number of ether oxygens (including phenoxy) is 1. The number of aliphatic hydroxyl groups excluding tert-OH is 1. The maximum absolute atomic E-state index is 11.9. The fourth-order valence-corrected chi connectivity index (χ4v) is 4.59. The molecule has 2 aliphatic rings. The first-order chi connectivity index (χ1) is 14.6. The number of benzene rings is 1. The van der Waals surface area contributed by atoms with Crippen LogP contribution in [-0.2, 0) is 28.2 Å². The van der Waals surface area contributed by atoms with Crippen molar-refractivity contribution in [1.29, 1.82) is 0 Å². The molecule has 1 aromatic carbocycles. The van der Waals surface area contributed by atoms with Crippen LogP contribution in [0.25, 0.3) is 0 Å². The first kappa shape index (κ1) is 22.2. The lowest BCUT2D eigenvalue weighted by Gasteiger charge is -2.39. The average molecular weight is 449 g/mol. The lowest BCUT2D eigenvalue weighted by molar-refractivity contribution is -0.148. The van der Waals surface area contributed by atoms with Gasteiger partial charge in [0.2, 0.25) is 0 Å². The molecule has 1 fully saturated rings. The van der Waals surface area contributed by atoms with Gasteiger partial charge in [0, 0.05) is 36.4 Å². The van der Waals surface area contributed by atoms with Gasteiger partial charge >= 0.3 is 0 Å². The number of rotatable bonds is 6. The molecule has 3 heterocycles. The summed E-state index contributed by atoms with van der Waals surface area (Å²) < 4.78 is 7.88. The third-order valence-electron chi connectivity index (χ3n) is 6.32. The van der Waals surface area contributed by atoms with Crippen molar-refractivity contribution >= 4 is 17.5 Å². The fraction of sp³-hybridized carbons (Fsp3) is 0.545. The normalized spacial score (nSPS) is 21.9. The summed E-state index contributed by atoms with van der Waals surface area (Å²) in [6.45, 7) is 5.67. The van der Waals surface area contributed by atoms with Gasteiger partial charge < -0.3 is 20.7 Å². The van der Waals surface area contributed by atoms with E-state index < -0.39 is 29.3 Å². The maximum Gasteiger partial charge on any atom is 0.251 e. The molecule has 2 atom stereocenters. The van der Waals surface area contributed by atoms with Crippen LogP contribution in [0, 0.1) is 0 Å². The highest BCUT2D eigenvalue weighted by Crippen LogP contribution is 2.50. The Morgan fingerprint density at radius 3 is 2.77 bits per heavy atom. The summed E-state index contributed by atoms with van der Waals surface area (Å²) in [7, 11) is 0. The predicted molar refractivity (Wildman–Crippen MR) is 115 cm³/mol. The lowest BCUT2D eigenvalue weighted by Crippen LogP contribution is -2.42. The molecule has 2 aliphatic heterocycles. The first-order valence-corrected chi connectivity index (χ1v) is 10.9. The number of nitrogens with zero attached hydrogens (tertiary/aromatic N) is 3. The first-order valence-electron chi connectivity index (χ1n) is 10.5. The van der Waals surface area contributed by atoms with Crippen molar-refractivity contribution in [2.24, 2.45) is 5.73 Å². The van der Waals surface area contributed by atoms with E-state index in [9.17, 15) is 15.0 Å². The van der Waals surface area contributed by atoms with Crippen LogP contribution in [0.5, 0.6) is 0 Å². The van der Waals surface area contributed by atoms with Gasteiger partial charge in [0.05, 0.1) is 23.9 Å². The highest BCUT2D eigenvalue weighted by Gasteiger charge is 2.48. The Morgan fingerprint density at radius 1 is 1.42 bits per heavy atom. The quantitative estimate of drug-likeness (QED) is 0.620. The van der Waals surface area contributed by atoms with Gasteiger partial charge in [0.15, 0.2) is 6.10 Å². The molecule has 2 aromatic rings. The zero-order valence-electron chi connectivity index (χ0n) is 17.8. The number of halogens is 1. The monoisotopic (exact) mass is 448 g/mol. The Bertz CT molecular complexity index is 963. The van der Waals surface area contributed by atoms with E-state index in [2.05, 4.69) is 10.00 Å². The number of piperidine rings is 1. The lowest BCUT2D eigenvalue weighted by atomic mass is 9.83. The molecule has 8 nitrogen and oxygen atoms in total. The number of primary amides is 1. The van der Waals surface area contributed by atoms with Crippen LogP contribution in [0.2, 0.25) is 5.02 Å². The van der Waals surface area contributed by atoms with Gasteiger partial charge in [-0.15, -0.1) is 0 Å². The molecule has 0 aliphatic carbocycles. The van der Waals surface area contributed by atoms with E-state index in [0.29, 0.717) is 5.02 Å². The fourth-order valence-electron chi connectivity index (χ4n) is 4.42. The topological polar surface area (TPSA) is 114 Å². The van der Waals surface area contributed by atoms with Gasteiger partial charge in [0.1, 0.15) is 6.10 Å². The Balaban J connectivity index is 1.41. The van der Waals surface area contributed by atoms with Crippen LogP contribution >= 0.6 is 11.6 Å². The van der Waals surface area contributed by atoms with Crippen molar-refractivity contribution in [3.05, 3.63) is 52.3 Å². The maximum atomic E-state index is 11.9. The van der Waals surface area contributed by atoms with E-state index in [0.717, 1.165) is 49.2 Å². The minimum atomic E-state index is -1.18. The van der Waals surface area contributed by atoms with E-state index >= 15 is 0 Å². The van der Waals surface area contributed by atoms with E-state index in [1.165, 1.54) is 0 Å². The number of carbonyl (C=O) groups excluding carboxylic acids is 1. The molecule has 0 radical (unpaired) electrons. The third-order valence-corrected chi connectivity index (χ3v) is 6.56. The van der Waals surface area contributed by atoms with Crippen molar-refractivity contribution in [2.75, 3.05) is 13.1 Å². The molecule has 168 valence electrons. The van der Waals surface area contributed by atoms with Crippen LogP contribution in [0.15, 0.2) is 30.6 Å². The highest BCUT2D eigenvalue weighted by molar-refractivity contribution is 6.30. The number of hydrogen-bond acceptors (Lipinski definition) is 6. The van der Waals surface area contributed by atoms with Gasteiger partial charge in [-0.1, -0.05) is 17.7 Å². The molecule has 1 saturated heterocycles. The number of amides is 1. The standard InChI is InChI=1S/C22H29ClN4O4/c1-21(2,30)18(28)13-27-12-14(10-25-27)11-26-7-5-22(6-8-26)17-9-15(23)3-4-16(17)19(31-22)20(24)29/h3-4,9-10,12,18-19,28,30H,5-8,11,13H2,1-2H3,(H2,24,29)/t18-,19?/m1/s1. The average Bonchev–Trinajstić information content (AvgIpc) is 3.26. The van der Waals surface area contributed by atoms with Crippen molar-refractivity contribution in [2.45, 2.75) is 63.2 Å². The van der Waals surface area contributed by atoms with Crippen LogP contribution in [0.4, 0.5) is 0 Å². The number of likely N-dealkylation sites (tertiary alicyclic amines) is 1. The predicted octanol–water partition coefficient (Wildman–Crippen LogP) is 1.72. The second-order valence-corrected chi connectivity index (χ2v) is 9.58. The summed E-state index contributed by atoms with van der Waals surface area (Å²) in [5.74, 6) is -0.483. The molecule has 9 heteroatoms. The molecular weight excluding hydrogens is 420 g/mol. The van der Waals surface area contributed by atoms with Gasteiger partial charge in [-0.05, 0) is 49.9 Å². The summed E-state index contributed by atoms with van der Waals surface area (Å²) in [6, 6.07) is 5.50. The summed E-state index contributed by atoms with van der Waals surface area (Å²) in [5.41, 5.74) is 6.67. The minimum absolute atomic E-state index is 0.229. The summed E-state index contributed by atoms with van der Waals surface area (Å²) in [4.78, 5) is 14.2.